The largest absolute Gasteiger partial charge is 0.496 e. The number of hydrogen-bond acceptors (Lipinski definition) is 4. The van der Waals surface area contributed by atoms with Crippen molar-refractivity contribution in [2.75, 3.05) is 12.4 Å². The van der Waals surface area contributed by atoms with Crippen molar-refractivity contribution in [1.82, 2.24) is 14.9 Å². The normalized spacial score (nSPS) is 11.5. The van der Waals surface area contributed by atoms with Crippen LogP contribution in [0.3, 0.4) is 0 Å². The van der Waals surface area contributed by atoms with Gasteiger partial charge in [-0.2, -0.15) is 13.2 Å². The molecule has 0 fully saturated rings. The standard InChI is InChI=1S/C24H19Cl2F3N4O2/c1-33-19-11-20(35-2)14(22(34)30-12-13-6-3-4-7-15(13)24(27,28)29)10-18(19)31-23(33)32-21-16(25)8-5-9-17(21)26/h3-11H,12H2,1-2H3,(H,30,34)(H,31,32). The maximum atomic E-state index is 13.3. The Balaban J connectivity index is 1.64. The van der Waals surface area contributed by atoms with Gasteiger partial charge in [0.25, 0.3) is 5.91 Å². The van der Waals surface area contributed by atoms with Crippen LogP contribution < -0.4 is 15.4 Å². The van der Waals surface area contributed by atoms with E-state index in [2.05, 4.69) is 15.6 Å². The fraction of sp³-hybridized carbons (Fsp3) is 0.167. The molecule has 0 radical (unpaired) electrons. The number of hydrogen-bond donors (Lipinski definition) is 2. The van der Waals surface area contributed by atoms with E-state index >= 15 is 0 Å². The Morgan fingerprint density at radius 1 is 1.09 bits per heavy atom. The topological polar surface area (TPSA) is 68.2 Å². The minimum absolute atomic E-state index is 0.0469. The van der Waals surface area contributed by atoms with Gasteiger partial charge in [0.15, 0.2) is 0 Å². The van der Waals surface area contributed by atoms with Gasteiger partial charge in [-0.25, -0.2) is 4.98 Å². The Morgan fingerprint density at radius 3 is 2.43 bits per heavy atom. The van der Waals surface area contributed by atoms with E-state index in [1.165, 1.54) is 31.4 Å². The van der Waals surface area contributed by atoms with E-state index in [1.54, 1.807) is 35.9 Å². The number of methoxy groups -OCH3 is 1. The monoisotopic (exact) mass is 522 g/mol. The van der Waals surface area contributed by atoms with Crippen LogP contribution in [-0.4, -0.2) is 22.6 Å². The number of anilines is 2. The Kier molecular flexibility index (Phi) is 6.82. The van der Waals surface area contributed by atoms with E-state index in [1.807, 2.05) is 0 Å². The molecule has 0 unspecified atom stereocenters. The first kappa shape index (κ1) is 24.7. The summed E-state index contributed by atoms with van der Waals surface area (Å²) in [6.07, 6.45) is -4.53. The van der Waals surface area contributed by atoms with Crippen LogP contribution in [0.25, 0.3) is 11.0 Å². The van der Waals surface area contributed by atoms with Gasteiger partial charge < -0.3 is 19.9 Å². The number of halogens is 5. The molecule has 35 heavy (non-hydrogen) atoms. The molecule has 1 amide bonds. The van der Waals surface area contributed by atoms with Crippen molar-refractivity contribution in [3.63, 3.8) is 0 Å². The molecule has 182 valence electrons. The number of nitrogens with one attached hydrogen (secondary N) is 2. The lowest BCUT2D eigenvalue weighted by Crippen LogP contribution is -2.25. The van der Waals surface area contributed by atoms with Crippen LogP contribution in [0.1, 0.15) is 21.5 Å². The van der Waals surface area contributed by atoms with Crippen LogP contribution in [0.5, 0.6) is 5.75 Å². The number of aromatic nitrogens is 2. The number of aryl methyl sites for hydroxylation is 1. The van der Waals surface area contributed by atoms with E-state index in [-0.39, 0.29) is 23.4 Å². The summed E-state index contributed by atoms with van der Waals surface area (Å²) in [4.78, 5) is 17.4. The highest BCUT2D eigenvalue weighted by Gasteiger charge is 2.33. The minimum atomic E-state index is -4.53. The van der Waals surface area contributed by atoms with Crippen LogP contribution in [0.15, 0.2) is 54.6 Å². The van der Waals surface area contributed by atoms with Gasteiger partial charge in [0.1, 0.15) is 5.75 Å². The Hall–Kier alpha value is -3.43. The Morgan fingerprint density at radius 2 is 1.77 bits per heavy atom. The van der Waals surface area contributed by atoms with Gasteiger partial charge in [0, 0.05) is 19.7 Å². The molecule has 0 bridgehead atoms. The van der Waals surface area contributed by atoms with Crippen LogP contribution in [0.2, 0.25) is 10.0 Å². The van der Waals surface area contributed by atoms with Gasteiger partial charge in [-0.1, -0.05) is 47.5 Å². The summed E-state index contributed by atoms with van der Waals surface area (Å²) in [5.41, 5.74) is 0.856. The van der Waals surface area contributed by atoms with Gasteiger partial charge in [-0.3, -0.25) is 4.79 Å². The molecule has 0 atom stereocenters. The molecular weight excluding hydrogens is 504 g/mol. The van der Waals surface area contributed by atoms with Crippen LogP contribution >= 0.6 is 23.2 Å². The molecule has 0 aliphatic rings. The van der Waals surface area contributed by atoms with Gasteiger partial charge in [-0.15, -0.1) is 0 Å². The Bertz CT molecular complexity index is 1400. The quantitative estimate of drug-likeness (QED) is 0.300. The molecule has 0 aliphatic heterocycles. The molecule has 1 heterocycles. The number of amides is 1. The van der Waals surface area contributed by atoms with Crippen LogP contribution in [0, 0.1) is 0 Å². The average molecular weight is 523 g/mol. The molecule has 0 spiro atoms. The van der Waals surface area contributed by atoms with Crippen molar-refractivity contribution in [1.29, 1.82) is 0 Å². The first-order valence-electron chi connectivity index (χ1n) is 10.3. The van der Waals surface area contributed by atoms with Crippen molar-refractivity contribution < 1.29 is 22.7 Å². The first-order chi connectivity index (χ1) is 16.6. The second-order valence-electron chi connectivity index (χ2n) is 7.59. The average Bonchev–Trinajstić information content (AvgIpc) is 3.13. The van der Waals surface area contributed by atoms with Crippen LogP contribution in [-0.2, 0) is 19.8 Å². The molecule has 4 aromatic rings. The van der Waals surface area contributed by atoms with Crippen molar-refractivity contribution >= 4 is 51.8 Å². The van der Waals surface area contributed by atoms with E-state index in [4.69, 9.17) is 27.9 Å². The maximum Gasteiger partial charge on any atom is 0.416 e. The first-order valence-corrected chi connectivity index (χ1v) is 11.0. The lowest BCUT2D eigenvalue weighted by atomic mass is 10.1. The molecule has 6 nitrogen and oxygen atoms in total. The number of alkyl halides is 3. The van der Waals surface area contributed by atoms with Crippen molar-refractivity contribution in [2.45, 2.75) is 12.7 Å². The van der Waals surface area contributed by atoms with Crippen LogP contribution in [0.4, 0.5) is 24.8 Å². The fourth-order valence-electron chi connectivity index (χ4n) is 3.63. The molecule has 2 N–H and O–H groups in total. The number of para-hydroxylation sites is 1. The number of imidazole rings is 1. The molecule has 4 rings (SSSR count). The van der Waals surface area contributed by atoms with Crippen molar-refractivity contribution in [2.24, 2.45) is 7.05 Å². The highest BCUT2D eigenvalue weighted by Crippen LogP contribution is 2.35. The van der Waals surface area contributed by atoms with Crippen molar-refractivity contribution in [3.05, 3.63) is 81.3 Å². The summed E-state index contributed by atoms with van der Waals surface area (Å²) in [6, 6.07) is 13.3. The SMILES string of the molecule is COc1cc2c(cc1C(=O)NCc1ccccc1C(F)(F)F)nc(Nc1c(Cl)cccc1Cl)n2C. The third-order valence-corrected chi connectivity index (χ3v) is 6.04. The number of carbonyl (C=O) groups excluding carboxylic acids is 1. The zero-order valence-electron chi connectivity index (χ0n) is 18.5. The number of ether oxygens (including phenoxy) is 1. The molecule has 0 saturated carbocycles. The van der Waals surface area contributed by atoms with E-state index in [9.17, 15) is 18.0 Å². The zero-order chi connectivity index (χ0) is 25.3. The fourth-order valence-corrected chi connectivity index (χ4v) is 4.12. The van der Waals surface area contributed by atoms with Gasteiger partial charge in [0.2, 0.25) is 5.95 Å². The van der Waals surface area contributed by atoms with Crippen molar-refractivity contribution in [3.8, 4) is 5.75 Å². The highest BCUT2D eigenvalue weighted by molar-refractivity contribution is 6.39. The Labute approximate surface area is 208 Å². The lowest BCUT2D eigenvalue weighted by molar-refractivity contribution is -0.138. The maximum absolute atomic E-state index is 13.3. The van der Waals surface area contributed by atoms with Gasteiger partial charge in [0.05, 0.1) is 45.0 Å². The lowest BCUT2D eigenvalue weighted by Gasteiger charge is -2.14. The van der Waals surface area contributed by atoms with Gasteiger partial charge >= 0.3 is 6.18 Å². The summed E-state index contributed by atoms with van der Waals surface area (Å²) in [5, 5.41) is 6.44. The third-order valence-electron chi connectivity index (χ3n) is 5.41. The predicted molar refractivity (Wildman–Crippen MR) is 130 cm³/mol. The molecule has 3 aromatic carbocycles. The summed E-state index contributed by atoms with van der Waals surface area (Å²) >= 11 is 12.5. The molecule has 0 aliphatic carbocycles. The summed E-state index contributed by atoms with van der Waals surface area (Å²) in [6.45, 7) is -0.310. The summed E-state index contributed by atoms with van der Waals surface area (Å²) in [7, 11) is 3.16. The molecule has 11 heteroatoms. The number of benzene rings is 3. The second kappa shape index (κ2) is 9.67. The number of fused-ring (bicyclic) bond motifs is 1. The second-order valence-corrected chi connectivity index (χ2v) is 8.41. The molecule has 1 aromatic heterocycles. The summed E-state index contributed by atoms with van der Waals surface area (Å²) < 4.78 is 46.9. The minimum Gasteiger partial charge on any atom is -0.496 e. The smallest absolute Gasteiger partial charge is 0.416 e. The van der Waals surface area contributed by atoms with E-state index < -0.39 is 17.6 Å². The molecular formula is C24H19Cl2F3N4O2. The molecule has 0 saturated heterocycles. The van der Waals surface area contributed by atoms with E-state index in [0.717, 1.165) is 6.07 Å². The van der Waals surface area contributed by atoms with Gasteiger partial charge in [-0.05, 0) is 29.8 Å². The highest BCUT2D eigenvalue weighted by atomic mass is 35.5. The number of nitrogens with zero attached hydrogens (tertiary/aromatic N) is 2. The number of rotatable bonds is 6. The summed E-state index contributed by atoms with van der Waals surface area (Å²) in [5.74, 6) is 0.0492. The van der Waals surface area contributed by atoms with E-state index in [0.29, 0.717) is 32.7 Å². The third kappa shape index (κ3) is 5.01. The predicted octanol–water partition coefficient (Wildman–Crippen LogP) is 6.58. The number of carbonyl (C=O) groups is 1. The zero-order valence-corrected chi connectivity index (χ0v) is 20.0.